The number of nitrogens with zero attached hydrogens (tertiary/aromatic N) is 1. The molecule has 0 aliphatic rings. The van der Waals surface area contributed by atoms with Crippen LogP contribution in [-0.4, -0.2) is 32.1 Å². The van der Waals surface area contributed by atoms with Crippen molar-refractivity contribution in [2.75, 3.05) is 21.3 Å². The van der Waals surface area contributed by atoms with Crippen LogP contribution in [-0.2, 0) is 6.54 Å². The van der Waals surface area contributed by atoms with Gasteiger partial charge in [0.2, 0.25) is 0 Å². The van der Waals surface area contributed by atoms with E-state index in [0.29, 0.717) is 33.1 Å². The molecule has 0 heterocycles. The highest BCUT2D eigenvalue weighted by molar-refractivity contribution is 9.10. The third kappa shape index (κ3) is 3.98. The maximum absolute atomic E-state index is 12.8. The van der Waals surface area contributed by atoms with E-state index in [-0.39, 0.29) is 5.91 Å². The minimum atomic E-state index is -0.179. The number of rotatable bonds is 5. The maximum atomic E-state index is 12.8. The lowest BCUT2D eigenvalue weighted by atomic mass is 10.1. The van der Waals surface area contributed by atoms with Gasteiger partial charge in [0.05, 0.1) is 24.3 Å². The molecule has 2 rings (SSSR count). The minimum absolute atomic E-state index is 0.179. The number of hydrogen-bond acceptors (Lipinski definition) is 3. The Balaban J connectivity index is 2.32. The molecule has 0 spiro atoms. The summed E-state index contributed by atoms with van der Waals surface area (Å²) >= 11 is 9.56. The summed E-state index contributed by atoms with van der Waals surface area (Å²) < 4.78 is 11.2. The molecule has 0 aliphatic carbocycles. The Morgan fingerprint density at radius 3 is 2.52 bits per heavy atom. The highest BCUT2D eigenvalue weighted by Crippen LogP contribution is 2.34. The van der Waals surface area contributed by atoms with Crippen molar-refractivity contribution in [3.8, 4) is 11.5 Å². The zero-order valence-corrected chi connectivity index (χ0v) is 15.4. The number of methoxy groups -OCH3 is 2. The first-order valence-electron chi connectivity index (χ1n) is 6.88. The Hall–Kier alpha value is -1.72. The average Bonchev–Trinajstić information content (AvgIpc) is 2.55. The van der Waals surface area contributed by atoms with E-state index in [9.17, 15) is 4.79 Å². The third-order valence-electron chi connectivity index (χ3n) is 3.40. The van der Waals surface area contributed by atoms with Crippen LogP contribution >= 0.6 is 27.5 Å². The standard InChI is InChI=1S/C17H17BrClNO3/c1-20(10-11-6-4-5-7-15(11)19)17(21)13-8-12(22-2)9-14(18)16(13)23-3/h4-9H,10H2,1-3H3. The summed E-state index contributed by atoms with van der Waals surface area (Å²) in [5.41, 5.74) is 1.30. The van der Waals surface area contributed by atoms with E-state index in [4.69, 9.17) is 21.1 Å². The number of hydrogen-bond donors (Lipinski definition) is 0. The van der Waals surface area contributed by atoms with Crippen molar-refractivity contribution in [1.29, 1.82) is 0 Å². The predicted octanol–water partition coefficient (Wildman–Crippen LogP) is 4.39. The Kier molecular flexibility index (Phi) is 5.91. The Morgan fingerprint density at radius 2 is 1.91 bits per heavy atom. The lowest BCUT2D eigenvalue weighted by Gasteiger charge is -2.20. The fourth-order valence-corrected chi connectivity index (χ4v) is 3.01. The summed E-state index contributed by atoms with van der Waals surface area (Å²) in [6.45, 7) is 0.399. The highest BCUT2D eigenvalue weighted by Gasteiger charge is 2.21. The second kappa shape index (κ2) is 7.70. The number of carbonyl (C=O) groups is 1. The molecule has 0 fully saturated rings. The highest BCUT2D eigenvalue weighted by atomic mass is 79.9. The molecule has 0 radical (unpaired) electrons. The van der Waals surface area contributed by atoms with E-state index in [1.54, 1.807) is 37.3 Å². The fourth-order valence-electron chi connectivity index (χ4n) is 2.21. The maximum Gasteiger partial charge on any atom is 0.257 e. The second-order valence-corrected chi connectivity index (χ2v) is 6.20. The molecule has 1 amide bonds. The molecule has 0 atom stereocenters. The van der Waals surface area contributed by atoms with Gasteiger partial charge in [-0.3, -0.25) is 4.79 Å². The van der Waals surface area contributed by atoms with Crippen molar-refractivity contribution in [3.05, 3.63) is 57.0 Å². The fraction of sp³-hybridized carbons (Fsp3) is 0.235. The second-order valence-electron chi connectivity index (χ2n) is 4.94. The van der Waals surface area contributed by atoms with Crippen molar-refractivity contribution in [3.63, 3.8) is 0 Å². The molecule has 0 aliphatic heterocycles. The van der Waals surface area contributed by atoms with Crippen LogP contribution in [0.2, 0.25) is 5.02 Å². The zero-order chi connectivity index (χ0) is 17.0. The molecule has 0 bridgehead atoms. The first kappa shape index (κ1) is 17.6. The number of carbonyl (C=O) groups excluding carboxylic acids is 1. The van der Waals surface area contributed by atoms with E-state index in [2.05, 4.69) is 15.9 Å². The molecule has 122 valence electrons. The summed E-state index contributed by atoms with van der Waals surface area (Å²) in [5.74, 6) is 0.871. The normalized spacial score (nSPS) is 10.3. The van der Waals surface area contributed by atoms with Crippen molar-refractivity contribution < 1.29 is 14.3 Å². The predicted molar refractivity (Wildman–Crippen MR) is 94.5 cm³/mol. The molecule has 4 nitrogen and oxygen atoms in total. The van der Waals surface area contributed by atoms with Crippen LogP contribution in [0.4, 0.5) is 0 Å². The molecule has 2 aromatic carbocycles. The van der Waals surface area contributed by atoms with Crippen LogP contribution < -0.4 is 9.47 Å². The third-order valence-corrected chi connectivity index (χ3v) is 4.36. The van der Waals surface area contributed by atoms with Gasteiger partial charge in [0.1, 0.15) is 11.5 Å². The number of halogens is 2. The summed E-state index contributed by atoms with van der Waals surface area (Å²) in [6.07, 6.45) is 0. The van der Waals surface area contributed by atoms with Gasteiger partial charge in [-0.2, -0.15) is 0 Å². The molecule has 6 heteroatoms. The SMILES string of the molecule is COc1cc(Br)c(OC)c(C(=O)N(C)Cc2ccccc2Cl)c1. The molecular weight excluding hydrogens is 382 g/mol. The van der Waals surface area contributed by atoms with E-state index >= 15 is 0 Å². The Labute approximate surface area is 149 Å². The summed E-state index contributed by atoms with van der Waals surface area (Å²) in [5, 5.41) is 0.630. The molecule has 0 saturated carbocycles. The first-order valence-corrected chi connectivity index (χ1v) is 8.05. The molecular formula is C17H17BrClNO3. The molecule has 0 saturated heterocycles. The van der Waals surface area contributed by atoms with Gasteiger partial charge in [0.25, 0.3) is 5.91 Å². The van der Waals surface area contributed by atoms with E-state index < -0.39 is 0 Å². The van der Waals surface area contributed by atoms with Crippen LogP contribution in [0.3, 0.4) is 0 Å². The smallest absolute Gasteiger partial charge is 0.257 e. The Bertz CT molecular complexity index is 721. The minimum Gasteiger partial charge on any atom is -0.497 e. The van der Waals surface area contributed by atoms with Crippen LogP contribution in [0, 0.1) is 0 Å². The molecule has 23 heavy (non-hydrogen) atoms. The Morgan fingerprint density at radius 1 is 1.22 bits per heavy atom. The monoisotopic (exact) mass is 397 g/mol. The van der Waals surface area contributed by atoms with Crippen molar-refractivity contribution >= 4 is 33.4 Å². The summed E-state index contributed by atoms with van der Waals surface area (Å²) in [7, 11) is 4.80. The van der Waals surface area contributed by atoms with Gasteiger partial charge in [-0.25, -0.2) is 0 Å². The lowest BCUT2D eigenvalue weighted by molar-refractivity contribution is 0.0781. The topological polar surface area (TPSA) is 38.8 Å². The van der Waals surface area contributed by atoms with Crippen molar-refractivity contribution in [2.24, 2.45) is 0 Å². The largest absolute Gasteiger partial charge is 0.497 e. The molecule has 0 aromatic heterocycles. The van der Waals surface area contributed by atoms with Gasteiger partial charge in [0, 0.05) is 18.6 Å². The van der Waals surface area contributed by atoms with E-state index in [1.165, 1.54) is 7.11 Å². The van der Waals surface area contributed by atoms with Gasteiger partial charge < -0.3 is 14.4 Å². The van der Waals surface area contributed by atoms with Gasteiger partial charge >= 0.3 is 0 Å². The van der Waals surface area contributed by atoms with E-state index in [1.807, 2.05) is 18.2 Å². The average molecular weight is 399 g/mol. The van der Waals surface area contributed by atoms with Crippen LogP contribution in [0.25, 0.3) is 0 Å². The van der Waals surface area contributed by atoms with Gasteiger partial charge in [0.15, 0.2) is 0 Å². The van der Waals surface area contributed by atoms with Crippen molar-refractivity contribution in [1.82, 2.24) is 4.90 Å². The summed E-state index contributed by atoms with van der Waals surface area (Å²) in [4.78, 5) is 14.4. The first-order chi connectivity index (χ1) is 11.0. The lowest BCUT2D eigenvalue weighted by Crippen LogP contribution is -2.26. The van der Waals surface area contributed by atoms with Gasteiger partial charge in [-0.05, 0) is 39.7 Å². The summed E-state index contributed by atoms with van der Waals surface area (Å²) in [6, 6.07) is 10.9. The quantitative estimate of drug-likeness (QED) is 0.750. The van der Waals surface area contributed by atoms with Crippen LogP contribution in [0.5, 0.6) is 11.5 Å². The van der Waals surface area contributed by atoms with Crippen LogP contribution in [0.1, 0.15) is 15.9 Å². The number of benzene rings is 2. The van der Waals surface area contributed by atoms with E-state index in [0.717, 1.165) is 5.56 Å². The molecule has 2 aromatic rings. The molecule has 0 unspecified atom stereocenters. The van der Waals surface area contributed by atoms with Gasteiger partial charge in [-0.15, -0.1) is 0 Å². The van der Waals surface area contributed by atoms with Crippen molar-refractivity contribution in [2.45, 2.75) is 6.54 Å². The number of ether oxygens (including phenoxy) is 2. The van der Waals surface area contributed by atoms with Crippen LogP contribution in [0.15, 0.2) is 40.9 Å². The number of amides is 1. The van der Waals surface area contributed by atoms with Gasteiger partial charge in [-0.1, -0.05) is 29.8 Å². The molecule has 0 N–H and O–H groups in total. The zero-order valence-electron chi connectivity index (χ0n) is 13.1.